The Bertz CT molecular complexity index is 3210. The van der Waals surface area contributed by atoms with E-state index >= 15 is 0 Å². The Morgan fingerprint density at radius 2 is 1.00 bits per heavy atom. The van der Waals surface area contributed by atoms with Crippen molar-refractivity contribution in [3.8, 4) is 33.4 Å². The van der Waals surface area contributed by atoms with E-state index in [-0.39, 0.29) is 0 Å². The number of benzene rings is 9. The van der Waals surface area contributed by atoms with Crippen LogP contribution < -0.4 is 4.90 Å². The maximum absolute atomic E-state index is 6.52. The molecule has 1 aromatic heterocycles. The SMILES string of the molecule is C1=CCC(c2ccccc2-c2ccccc2)(N(c2ccc(-c3ccc4ccccc4c3)cc2)c2ccc(-c3cccc4c3oc3ccccc34)cc2)C(c2ccccc2)=C1. The second kappa shape index (κ2) is 14.9. The van der Waals surface area contributed by atoms with Crippen LogP contribution in [0.2, 0.25) is 0 Å². The zero-order valence-electron chi connectivity index (χ0n) is 33.1. The number of furan rings is 1. The molecule has 1 heterocycles. The van der Waals surface area contributed by atoms with Gasteiger partial charge in [0.2, 0.25) is 0 Å². The maximum atomic E-state index is 6.52. The topological polar surface area (TPSA) is 16.4 Å². The van der Waals surface area contributed by atoms with E-state index in [1.165, 1.54) is 49.7 Å². The Balaban J connectivity index is 1.13. The molecule has 284 valence electrons. The summed E-state index contributed by atoms with van der Waals surface area (Å²) in [6.07, 6.45) is 7.64. The van der Waals surface area contributed by atoms with Crippen molar-refractivity contribution in [3.63, 3.8) is 0 Å². The fraction of sp³-hybridized carbons (Fsp3) is 0.0345. The largest absolute Gasteiger partial charge is 0.455 e. The molecule has 0 aliphatic heterocycles. The molecule has 11 rings (SSSR count). The lowest BCUT2D eigenvalue weighted by molar-refractivity contribution is 0.568. The van der Waals surface area contributed by atoms with Crippen LogP contribution in [0.3, 0.4) is 0 Å². The molecule has 0 bridgehead atoms. The number of rotatable bonds is 8. The molecule has 2 nitrogen and oxygen atoms in total. The normalized spacial score (nSPS) is 15.0. The summed E-state index contributed by atoms with van der Waals surface area (Å²) in [5.41, 5.74) is 14.0. The number of anilines is 2. The highest BCUT2D eigenvalue weighted by molar-refractivity contribution is 6.09. The van der Waals surface area contributed by atoms with Gasteiger partial charge >= 0.3 is 0 Å². The molecule has 0 amide bonds. The predicted octanol–water partition coefficient (Wildman–Crippen LogP) is 15.8. The van der Waals surface area contributed by atoms with E-state index in [4.69, 9.17) is 4.42 Å². The van der Waals surface area contributed by atoms with E-state index < -0.39 is 5.54 Å². The standard InChI is InChI=1S/C58H41NO/c1-3-17-43(18-4-1)50-22-9-11-27-55(50)58(39-14-13-26-54(58)45-19-5-2-6-20-45)59(48-35-31-42(32-36-48)47-30-29-41-16-7-8-21-46(41)40-47)49-37-33-44(34-38-49)51-24-15-25-53-52-23-10-12-28-56(52)60-57(51)53/h1-38,40H,39H2. The van der Waals surface area contributed by atoms with Crippen LogP contribution in [0.5, 0.6) is 0 Å². The van der Waals surface area contributed by atoms with E-state index in [9.17, 15) is 0 Å². The van der Waals surface area contributed by atoms with Crippen molar-refractivity contribution in [1.82, 2.24) is 0 Å². The lowest BCUT2D eigenvalue weighted by Gasteiger charge is -2.49. The van der Waals surface area contributed by atoms with Crippen LogP contribution in [0.25, 0.3) is 71.7 Å². The minimum absolute atomic E-state index is 0.646. The van der Waals surface area contributed by atoms with Crippen molar-refractivity contribution < 1.29 is 4.42 Å². The van der Waals surface area contributed by atoms with Crippen molar-refractivity contribution >= 4 is 49.7 Å². The minimum atomic E-state index is -0.646. The first-order valence-electron chi connectivity index (χ1n) is 20.7. The van der Waals surface area contributed by atoms with Gasteiger partial charge in [0.25, 0.3) is 0 Å². The number of hydrogen-bond donors (Lipinski definition) is 0. The molecule has 2 heteroatoms. The lowest BCUT2D eigenvalue weighted by atomic mass is 9.70. The summed E-state index contributed by atoms with van der Waals surface area (Å²) in [5.74, 6) is 0. The quantitative estimate of drug-likeness (QED) is 0.153. The highest BCUT2D eigenvalue weighted by Crippen LogP contribution is 2.54. The van der Waals surface area contributed by atoms with Gasteiger partial charge in [-0.15, -0.1) is 0 Å². The third-order valence-electron chi connectivity index (χ3n) is 12.2. The molecule has 60 heavy (non-hydrogen) atoms. The van der Waals surface area contributed by atoms with Crippen LogP contribution in [0.15, 0.2) is 241 Å². The molecule has 0 radical (unpaired) electrons. The van der Waals surface area contributed by atoms with Gasteiger partial charge in [-0.05, 0) is 98.1 Å². The fourth-order valence-electron chi connectivity index (χ4n) is 9.43. The molecule has 1 aliphatic rings. The van der Waals surface area contributed by atoms with Crippen LogP contribution in [0.4, 0.5) is 11.4 Å². The van der Waals surface area contributed by atoms with E-state index in [1.54, 1.807) is 0 Å². The Labute approximate surface area is 350 Å². The molecule has 0 spiro atoms. The molecule has 9 aromatic carbocycles. The highest BCUT2D eigenvalue weighted by atomic mass is 16.3. The second-order valence-electron chi connectivity index (χ2n) is 15.6. The van der Waals surface area contributed by atoms with Gasteiger partial charge in [0.1, 0.15) is 16.7 Å². The van der Waals surface area contributed by atoms with Crippen LogP contribution in [0, 0.1) is 0 Å². The Hall–Kier alpha value is -7.68. The zero-order chi connectivity index (χ0) is 39.9. The van der Waals surface area contributed by atoms with E-state index in [0.29, 0.717) is 0 Å². The van der Waals surface area contributed by atoms with Gasteiger partial charge in [-0.3, -0.25) is 0 Å². The lowest BCUT2D eigenvalue weighted by Crippen LogP contribution is -2.45. The van der Waals surface area contributed by atoms with Crippen molar-refractivity contribution in [2.45, 2.75) is 12.0 Å². The maximum Gasteiger partial charge on any atom is 0.143 e. The van der Waals surface area contributed by atoms with Gasteiger partial charge in [0.15, 0.2) is 0 Å². The molecule has 0 saturated heterocycles. The van der Waals surface area contributed by atoms with Crippen molar-refractivity contribution in [1.29, 1.82) is 0 Å². The number of allylic oxidation sites excluding steroid dienone is 2. The molecule has 0 fully saturated rings. The Morgan fingerprint density at radius 1 is 0.417 bits per heavy atom. The molecule has 10 aromatic rings. The molecular weight excluding hydrogens is 727 g/mol. The summed E-state index contributed by atoms with van der Waals surface area (Å²) < 4.78 is 6.52. The van der Waals surface area contributed by atoms with Crippen LogP contribution >= 0.6 is 0 Å². The van der Waals surface area contributed by atoms with Gasteiger partial charge < -0.3 is 9.32 Å². The number of para-hydroxylation sites is 2. The first-order valence-corrected chi connectivity index (χ1v) is 20.7. The van der Waals surface area contributed by atoms with Crippen molar-refractivity contribution in [3.05, 3.63) is 248 Å². The summed E-state index contributed by atoms with van der Waals surface area (Å²) >= 11 is 0. The van der Waals surface area contributed by atoms with Gasteiger partial charge in [0.05, 0.1) is 0 Å². The number of fused-ring (bicyclic) bond motifs is 4. The molecular formula is C58H41NO. The molecule has 1 atom stereocenters. The Kier molecular flexibility index (Phi) is 8.82. The predicted molar refractivity (Wildman–Crippen MR) is 252 cm³/mol. The van der Waals surface area contributed by atoms with Crippen molar-refractivity contribution in [2.75, 3.05) is 4.90 Å². The average Bonchev–Trinajstić information content (AvgIpc) is 3.72. The molecule has 0 N–H and O–H groups in total. The smallest absolute Gasteiger partial charge is 0.143 e. The van der Waals surface area contributed by atoms with Crippen LogP contribution in [-0.4, -0.2) is 0 Å². The van der Waals surface area contributed by atoms with E-state index in [1.807, 2.05) is 6.07 Å². The van der Waals surface area contributed by atoms with Crippen LogP contribution in [-0.2, 0) is 5.54 Å². The Morgan fingerprint density at radius 3 is 1.78 bits per heavy atom. The molecule has 0 saturated carbocycles. The minimum Gasteiger partial charge on any atom is -0.455 e. The van der Waals surface area contributed by atoms with E-state index in [2.05, 4.69) is 235 Å². The number of hydrogen-bond acceptors (Lipinski definition) is 2. The van der Waals surface area contributed by atoms with Gasteiger partial charge in [-0.2, -0.15) is 0 Å². The summed E-state index contributed by atoms with van der Waals surface area (Å²) in [6.45, 7) is 0. The summed E-state index contributed by atoms with van der Waals surface area (Å²) in [6, 6.07) is 79.1. The third-order valence-corrected chi connectivity index (χ3v) is 12.2. The first-order chi connectivity index (χ1) is 29.7. The third kappa shape index (κ3) is 6.04. The summed E-state index contributed by atoms with van der Waals surface area (Å²) in [4.78, 5) is 2.59. The average molecular weight is 768 g/mol. The van der Waals surface area contributed by atoms with E-state index in [0.717, 1.165) is 50.9 Å². The fourth-order valence-corrected chi connectivity index (χ4v) is 9.43. The highest BCUT2D eigenvalue weighted by Gasteiger charge is 2.45. The first kappa shape index (κ1) is 35.5. The molecule has 1 unspecified atom stereocenters. The zero-order valence-corrected chi connectivity index (χ0v) is 33.1. The van der Waals surface area contributed by atoms with Crippen molar-refractivity contribution in [2.24, 2.45) is 0 Å². The van der Waals surface area contributed by atoms with Gasteiger partial charge in [-0.25, -0.2) is 0 Å². The van der Waals surface area contributed by atoms with Crippen LogP contribution in [0.1, 0.15) is 17.5 Å². The van der Waals surface area contributed by atoms with Gasteiger partial charge in [0, 0.05) is 27.7 Å². The second-order valence-corrected chi connectivity index (χ2v) is 15.6. The summed E-state index contributed by atoms with van der Waals surface area (Å²) in [5, 5.41) is 4.74. The number of nitrogens with zero attached hydrogens (tertiary/aromatic N) is 1. The summed E-state index contributed by atoms with van der Waals surface area (Å²) in [7, 11) is 0. The molecule has 1 aliphatic carbocycles. The van der Waals surface area contributed by atoms with Gasteiger partial charge in [-0.1, -0.05) is 200 Å². The monoisotopic (exact) mass is 767 g/mol.